The first-order chi connectivity index (χ1) is 8.65. The van der Waals surface area contributed by atoms with Crippen LogP contribution in [0.5, 0.6) is 5.75 Å². The summed E-state index contributed by atoms with van der Waals surface area (Å²) in [7, 11) is 0. The van der Waals surface area contributed by atoms with Gasteiger partial charge in [0, 0.05) is 0 Å². The molecule has 0 saturated heterocycles. The highest BCUT2D eigenvalue weighted by molar-refractivity contribution is 5.96. The van der Waals surface area contributed by atoms with Crippen LogP contribution in [0.2, 0.25) is 0 Å². The van der Waals surface area contributed by atoms with Crippen LogP contribution < -0.4 is 16.0 Å². The molecule has 0 fully saturated rings. The molecule has 6 nitrogen and oxygen atoms in total. The minimum Gasteiger partial charge on any atom is -0.489 e. The van der Waals surface area contributed by atoms with E-state index in [0.717, 1.165) is 0 Å². The topological polar surface area (TPSA) is 90.7 Å². The van der Waals surface area contributed by atoms with Crippen molar-refractivity contribution in [2.45, 2.75) is 0 Å². The number of nitrogens with one attached hydrogen (secondary N) is 1. The monoisotopic (exact) mass is 250 g/mol. The van der Waals surface area contributed by atoms with Crippen LogP contribution in [0.4, 0.5) is 0 Å². The Labute approximate surface area is 104 Å². The number of carbonyl (C=O) groups excluding carboxylic acids is 2. The van der Waals surface area contributed by atoms with Crippen molar-refractivity contribution >= 4 is 11.8 Å². The molecule has 0 spiro atoms. The number of hydrogen-bond acceptors (Lipinski definition) is 4. The number of hydrogen-bond donors (Lipinski definition) is 2. The second kappa shape index (κ2) is 7.08. The Morgan fingerprint density at radius 2 is 2.11 bits per heavy atom. The van der Waals surface area contributed by atoms with E-state index < -0.39 is 11.8 Å². The van der Waals surface area contributed by atoms with Gasteiger partial charge in [-0.05, 0) is 12.1 Å². The Morgan fingerprint density at radius 1 is 1.39 bits per heavy atom. The second-order valence-corrected chi connectivity index (χ2v) is 3.28. The molecule has 6 heteroatoms. The first-order valence-corrected chi connectivity index (χ1v) is 5.18. The summed E-state index contributed by atoms with van der Waals surface area (Å²) in [4.78, 5) is 26.8. The average molecular weight is 250 g/mol. The second-order valence-electron chi connectivity index (χ2n) is 3.28. The number of ether oxygens (including phenoxy) is 1. The number of rotatable bonds is 7. The number of carbonyl (C=O) groups is 2. The quantitative estimate of drug-likeness (QED) is 0.541. The first kappa shape index (κ1) is 13.7. The molecule has 0 radical (unpaired) electrons. The van der Waals surface area contributed by atoms with E-state index in [9.17, 15) is 9.59 Å². The lowest BCUT2D eigenvalue weighted by Gasteiger charge is -2.09. The van der Waals surface area contributed by atoms with Crippen LogP contribution >= 0.6 is 0 Å². The largest absolute Gasteiger partial charge is 0.489 e. The summed E-state index contributed by atoms with van der Waals surface area (Å²) in [6.07, 6.45) is 1.57. The van der Waals surface area contributed by atoms with Crippen molar-refractivity contribution in [1.82, 2.24) is 5.48 Å². The van der Waals surface area contributed by atoms with Gasteiger partial charge in [-0.25, -0.2) is 5.48 Å². The Morgan fingerprint density at radius 3 is 2.78 bits per heavy atom. The third-order valence-electron chi connectivity index (χ3n) is 1.87. The van der Waals surface area contributed by atoms with Crippen LogP contribution in [-0.2, 0) is 9.63 Å². The Kier molecular flexibility index (Phi) is 5.40. The highest BCUT2D eigenvalue weighted by Crippen LogP contribution is 2.17. The number of hydroxylamine groups is 1. The van der Waals surface area contributed by atoms with E-state index in [1.54, 1.807) is 30.3 Å². The van der Waals surface area contributed by atoms with Gasteiger partial charge in [-0.1, -0.05) is 24.8 Å². The van der Waals surface area contributed by atoms with Gasteiger partial charge < -0.3 is 10.5 Å². The van der Waals surface area contributed by atoms with Gasteiger partial charge in [0.05, 0.1) is 5.56 Å². The van der Waals surface area contributed by atoms with Gasteiger partial charge in [0.25, 0.3) is 5.91 Å². The van der Waals surface area contributed by atoms with E-state index in [1.165, 1.54) is 0 Å². The average Bonchev–Trinajstić information content (AvgIpc) is 2.36. The summed E-state index contributed by atoms with van der Waals surface area (Å²) in [5.74, 6) is -0.792. The zero-order valence-corrected chi connectivity index (χ0v) is 9.72. The molecular formula is C12H14N2O4. The smallest absolute Gasteiger partial charge is 0.278 e. The molecule has 0 bridgehead atoms. The molecule has 0 aliphatic heterocycles. The minimum atomic E-state index is -0.675. The van der Waals surface area contributed by atoms with Crippen molar-refractivity contribution < 1.29 is 19.2 Å². The zero-order valence-electron chi connectivity index (χ0n) is 9.72. The molecule has 1 aromatic rings. The highest BCUT2D eigenvalue weighted by Gasteiger charge is 2.11. The maximum absolute atomic E-state index is 11.7. The molecule has 2 amide bonds. The van der Waals surface area contributed by atoms with Crippen molar-refractivity contribution in [2.75, 3.05) is 13.2 Å². The van der Waals surface area contributed by atoms with E-state index in [-0.39, 0.29) is 13.2 Å². The van der Waals surface area contributed by atoms with E-state index >= 15 is 0 Å². The fraction of sp³-hybridized carbons (Fsp3) is 0.167. The van der Waals surface area contributed by atoms with Gasteiger partial charge in [-0.2, -0.15) is 0 Å². The molecule has 0 aliphatic rings. The van der Waals surface area contributed by atoms with E-state index in [4.69, 9.17) is 10.5 Å². The molecule has 0 aliphatic carbocycles. The highest BCUT2D eigenvalue weighted by atomic mass is 16.7. The fourth-order valence-corrected chi connectivity index (χ4v) is 1.16. The normalized spacial score (nSPS) is 9.56. The molecule has 0 saturated carbocycles. The summed E-state index contributed by atoms with van der Waals surface area (Å²) in [6.45, 7) is 3.41. The molecule has 18 heavy (non-hydrogen) atoms. The van der Waals surface area contributed by atoms with Crippen LogP contribution in [0.3, 0.4) is 0 Å². The van der Waals surface area contributed by atoms with Gasteiger partial charge in [0.15, 0.2) is 6.61 Å². The number of nitrogens with two attached hydrogens (primary N) is 1. The number of primary amides is 1. The fourth-order valence-electron chi connectivity index (χ4n) is 1.16. The van der Waals surface area contributed by atoms with Crippen molar-refractivity contribution in [3.63, 3.8) is 0 Å². The number of benzene rings is 1. The molecule has 0 aromatic heterocycles. The van der Waals surface area contributed by atoms with Crippen LogP contribution in [0.15, 0.2) is 36.9 Å². The Hall–Kier alpha value is -2.34. The molecule has 0 unspecified atom stereocenters. The Balaban J connectivity index is 2.66. The van der Waals surface area contributed by atoms with Crippen molar-refractivity contribution in [2.24, 2.45) is 5.73 Å². The van der Waals surface area contributed by atoms with E-state index in [2.05, 4.69) is 16.9 Å². The van der Waals surface area contributed by atoms with Gasteiger partial charge >= 0.3 is 0 Å². The maximum atomic E-state index is 11.7. The SMILES string of the molecule is C=CCOc1ccccc1C(=O)NOCC(N)=O. The molecule has 0 heterocycles. The maximum Gasteiger partial charge on any atom is 0.278 e. The van der Waals surface area contributed by atoms with Crippen LogP contribution in [0, 0.1) is 0 Å². The van der Waals surface area contributed by atoms with Crippen LogP contribution in [0.25, 0.3) is 0 Å². The molecule has 96 valence electrons. The van der Waals surface area contributed by atoms with Crippen molar-refractivity contribution in [3.05, 3.63) is 42.5 Å². The summed E-state index contributed by atoms with van der Waals surface area (Å²) in [5.41, 5.74) is 7.26. The standard InChI is InChI=1S/C12H14N2O4/c1-2-7-17-10-6-4-3-5-9(10)12(16)14-18-8-11(13)15/h2-6H,1,7-8H2,(H2,13,15)(H,14,16). The van der Waals surface area contributed by atoms with Gasteiger partial charge in [0.1, 0.15) is 12.4 Å². The third kappa shape index (κ3) is 4.26. The molecule has 1 aromatic carbocycles. The lowest BCUT2D eigenvalue weighted by Crippen LogP contribution is -2.29. The van der Waals surface area contributed by atoms with Crippen molar-refractivity contribution in [1.29, 1.82) is 0 Å². The van der Waals surface area contributed by atoms with E-state index in [0.29, 0.717) is 11.3 Å². The lowest BCUT2D eigenvalue weighted by molar-refractivity contribution is -0.124. The number of para-hydroxylation sites is 1. The Bertz CT molecular complexity index is 445. The summed E-state index contributed by atoms with van der Waals surface area (Å²) in [6, 6.07) is 6.64. The van der Waals surface area contributed by atoms with Crippen LogP contribution in [0.1, 0.15) is 10.4 Å². The zero-order chi connectivity index (χ0) is 13.4. The predicted molar refractivity (Wildman–Crippen MR) is 64.7 cm³/mol. The first-order valence-electron chi connectivity index (χ1n) is 5.18. The van der Waals surface area contributed by atoms with E-state index in [1.807, 2.05) is 0 Å². The minimum absolute atomic E-state index is 0.284. The molecular weight excluding hydrogens is 236 g/mol. The van der Waals surface area contributed by atoms with Gasteiger partial charge in [-0.3, -0.25) is 14.4 Å². The van der Waals surface area contributed by atoms with Gasteiger partial charge in [0.2, 0.25) is 5.91 Å². The molecule has 1 rings (SSSR count). The summed E-state index contributed by atoms with van der Waals surface area (Å²) >= 11 is 0. The third-order valence-corrected chi connectivity index (χ3v) is 1.87. The predicted octanol–water partition coefficient (Wildman–Crippen LogP) is 0.398. The molecule has 0 atom stereocenters. The van der Waals surface area contributed by atoms with Gasteiger partial charge in [-0.15, -0.1) is 0 Å². The van der Waals surface area contributed by atoms with Crippen LogP contribution in [-0.4, -0.2) is 25.0 Å². The summed E-state index contributed by atoms with van der Waals surface area (Å²) in [5, 5.41) is 0. The number of amides is 2. The summed E-state index contributed by atoms with van der Waals surface area (Å²) < 4.78 is 5.31. The molecule has 3 N–H and O–H groups in total. The van der Waals surface area contributed by atoms with Crippen molar-refractivity contribution in [3.8, 4) is 5.75 Å². The lowest BCUT2D eigenvalue weighted by atomic mass is 10.2.